The largest absolute Gasteiger partial charge is 0.293 e. The maximum atomic E-state index is 12.2. The Balaban J connectivity index is 1.86. The molecular formula is C15H18Br2OS2. The molecule has 20 heavy (non-hydrogen) atoms. The lowest BCUT2D eigenvalue weighted by molar-refractivity contribution is 0.0983. The van der Waals surface area contributed by atoms with E-state index in [-0.39, 0.29) is 0 Å². The second kappa shape index (κ2) is 8.06. The summed E-state index contributed by atoms with van der Waals surface area (Å²) in [5.41, 5.74) is 0. The molecule has 0 aliphatic rings. The Labute approximate surface area is 145 Å². The van der Waals surface area contributed by atoms with E-state index in [1.54, 1.807) is 22.7 Å². The molecule has 0 unspecified atom stereocenters. The van der Waals surface area contributed by atoms with Crippen LogP contribution in [0.25, 0.3) is 10.1 Å². The Morgan fingerprint density at radius 2 is 1.75 bits per heavy atom. The van der Waals surface area contributed by atoms with Gasteiger partial charge < -0.3 is 0 Å². The molecular weight excluding hydrogens is 420 g/mol. The molecule has 1 nitrogen and oxygen atoms in total. The van der Waals surface area contributed by atoms with Crippen molar-refractivity contribution in [2.24, 2.45) is 0 Å². The van der Waals surface area contributed by atoms with Crippen LogP contribution in [0.2, 0.25) is 0 Å². The number of rotatable bonds is 8. The summed E-state index contributed by atoms with van der Waals surface area (Å²) in [4.78, 5) is 13.1. The van der Waals surface area contributed by atoms with E-state index < -0.39 is 0 Å². The summed E-state index contributed by atoms with van der Waals surface area (Å²) >= 11 is 10.4. The fourth-order valence-corrected chi connectivity index (χ4v) is 6.62. The molecule has 0 atom stereocenters. The Kier molecular flexibility index (Phi) is 6.72. The van der Waals surface area contributed by atoms with Crippen molar-refractivity contribution in [2.45, 2.75) is 51.9 Å². The second-order valence-electron chi connectivity index (χ2n) is 4.94. The van der Waals surface area contributed by atoms with Gasteiger partial charge in [-0.25, -0.2) is 0 Å². The summed E-state index contributed by atoms with van der Waals surface area (Å²) in [5, 5.41) is 1.16. The molecule has 2 aromatic rings. The maximum absolute atomic E-state index is 12.2. The lowest BCUT2D eigenvalue weighted by Gasteiger charge is -1.99. The lowest BCUT2D eigenvalue weighted by Crippen LogP contribution is -1.95. The first-order valence-electron chi connectivity index (χ1n) is 7.04. The molecule has 0 spiro atoms. The first kappa shape index (κ1) is 16.7. The van der Waals surface area contributed by atoms with Crippen molar-refractivity contribution in [3.05, 3.63) is 18.5 Å². The van der Waals surface area contributed by atoms with Crippen molar-refractivity contribution in [2.75, 3.05) is 0 Å². The number of ketones is 1. The minimum absolute atomic E-state index is 0.297. The van der Waals surface area contributed by atoms with E-state index in [4.69, 9.17) is 0 Å². The minimum Gasteiger partial charge on any atom is -0.293 e. The van der Waals surface area contributed by atoms with Crippen LogP contribution < -0.4 is 0 Å². The summed E-state index contributed by atoms with van der Waals surface area (Å²) < 4.78 is 3.41. The van der Waals surface area contributed by atoms with Gasteiger partial charge in [0.15, 0.2) is 5.78 Å². The first-order valence-corrected chi connectivity index (χ1v) is 10.3. The number of carbonyl (C=O) groups excluding carboxylic acids is 1. The molecule has 2 rings (SSSR count). The van der Waals surface area contributed by atoms with Crippen LogP contribution in [0.15, 0.2) is 13.6 Å². The molecule has 0 aliphatic carbocycles. The zero-order valence-electron chi connectivity index (χ0n) is 11.5. The number of unbranched alkanes of at least 4 members (excludes halogenated alkanes) is 5. The van der Waals surface area contributed by atoms with Crippen LogP contribution in [0.4, 0.5) is 0 Å². The van der Waals surface area contributed by atoms with Gasteiger partial charge in [-0.3, -0.25) is 4.79 Å². The summed E-state index contributed by atoms with van der Waals surface area (Å²) in [6.07, 6.45) is 8.05. The number of halogens is 2. The summed E-state index contributed by atoms with van der Waals surface area (Å²) in [6.45, 7) is 2.22. The van der Waals surface area contributed by atoms with Crippen LogP contribution in [-0.2, 0) is 0 Å². The van der Waals surface area contributed by atoms with Crippen LogP contribution in [0.5, 0.6) is 0 Å². The summed E-state index contributed by atoms with van der Waals surface area (Å²) in [6, 6.07) is 2.03. The Hall–Kier alpha value is 0.290. The molecule has 0 amide bonds. The number of carbonyl (C=O) groups is 1. The number of hydrogen-bond acceptors (Lipinski definition) is 3. The van der Waals surface area contributed by atoms with Gasteiger partial charge in [0.2, 0.25) is 0 Å². The van der Waals surface area contributed by atoms with Gasteiger partial charge in [-0.15, -0.1) is 22.7 Å². The quantitative estimate of drug-likeness (QED) is 0.310. The molecule has 0 saturated heterocycles. The van der Waals surface area contributed by atoms with Crippen LogP contribution in [0.3, 0.4) is 0 Å². The van der Waals surface area contributed by atoms with E-state index in [0.29, 0.717) is 12.2 Å². The number of thiophene rings is 2. The molecule has 0 aliphatic heterocycles. The zero-order chi connectivity index (χ0) is 14.5. The van der Waals surface area contributed by atoms with Gasteiger partial charge in [-0.05, 0) is 44.3 Å². The van der Waals surface area contributed by atoms with Crippen molar-refractivity contribution in [3.63, 3.8) is 0 Å². The molecule has 0 N–H and O–H groups in total. The van der Waals surface area contributed by atoms with Gasteiger partial charge in [0.1, 0.15) is 0 Å². The van der Waals surface area contributed by atoms with Crippen molar-refractivity contribution in [3.8, 4) is 0 Å². The Morgan fingerprint density at radius 3 is 2.45 bits per heavy atom. The lowest BCUT2D eigenvalue weighted by atomic mass is 10.1. The second-order valence-corrected chi connectivity index (χ2v) is 9.65. The van der Waals surface area contributed by atoms with Gasteiger partial charge in [0.25, 0.3) is 0 Å². The van der Waals surface area contributed by atoms with Gasteiger partial charge >= 0.3 is 0 Å². The highest BCUT2D eigenvalue weighted by Gasteiger charge is 2.15. The Bertz CT molecular complexity index is 551. The third-order valence-corrected chi connectivity index (χ3v) is 7.50. The highest BCUT2D eigenvalue weighted by molar-refractivity contribution is 9.12. The van der Waals surface area contributed by atoms with Gasteiger partial charge in [0.05, 0.1) is 17.1 Å². The Morgan fingerprint density at radius 1 is 1.05 bits per heavy atom. The van der Waals surface area contributed by atoms with E-state index in [9.17, 15) is 4.79 Å². The third kappa shape index (κ3) is 4.15. The smallest absolute Gasteiger partial charge is 0.172 e. The fourth-order valence-electron chi connectivity index (χ4n) is 2.19. The summed E-state index contributed by atoms with van der Waals surface area (Å²) in [5.74, 6) is 0.297. The van der Waals surface area contributed by atoms with E-state index in [2.05, 4.69) is 38.8 Å². The van der Waals surface area contributed by atoms with Gasteiger partial charge in [-0.1, -0.05) is 39.0 Å². The molecule has 0 radical (unpaired) electrons. The van der Waals surface area contributed by atoms with Gasteiger partial charge in [-0.2, -0.15) is 0 Å². The molecule has 2 aromatic heterocycles. The molecule has 110 valence electrons. The van der Waals surface area contributed by atoms with Crippen molar-refractivity contribution >= 4 is 70.4 Å². The number of fused-ring (bicyclic) bond motifs is 1. The van der Waals surface area contributed by atoms with Crippen LogP contribution in [0, 0.1) is 0 Å². The van der Waals surface area contributed by atoms with Crippen LogP contribution >= 0.6 is 54.5 Å². The van der Waals surface area contributed by atoms with Crippen molar-refractivity contribution < 1.29 is 4.79 Å². The number of Topliss-reactive ketones (excluding diaryl/α,β-unsaturated/α-hetero) is 1. The van der Waals surface area contributed by atoms with Crippen molar-refractivity contribution in [1.82, 2.24) is 0 Å². The minimum atomic E-state index is 0.297. The fraction of sp³-hybridized carbons (Fsp3) is 0.533. The van der Waals surface area contributed by atoms with E-state index in [1.807, 2.05) is 6.07 Å². The topological polar surface area (TPSA) is 17.1 Å². The van der Waals surface area contributed by atoms with Crippen molar-refractivity contribution in [1.29, 1.82) is 0 Å². The SMILES string of the molecule is CCCCCCCCC(=O)c1cc2c(Br)sc(Br)c2s1. The molecule has 5 heteroatoms. The molecule has 0 bridgehead atoms. The predicted octanol–water partition coefficient (Wildman–Crippen LogP) is 7.42. The predicted molar refractivity (Wildman–Crippen MR) is 97.4 cm³/mol. The maximum Gasteiger partial charge on any atom is 0.172 e. The highest BCUT2D eigenvalue weighted by atomic mass is 79.9. The summed E-state index contributed by atoms with van der Waals surface area (Å²) in [7, 11) is 0. The molecule has 2 heterocycles. The average Bonchev–Trinajstić information content (AvgIpc) is 2.96. The highest BCUT2D eigenvalue weighted by Crippen LogP contribution is 2.43. The van der Waals surface area contributed by atoms with Crippen LogP contribution in [-0.4, -0.2) is 5.78 Å². The monoisotopic (exact) mass is 436 g/mol. The van der Waals surface area contributed by atoms with E-state index >= 15 is 0 Å². The normalized spacial score (nSPS) is 11.3. The van der Waals surface area contributed by atoms with E-state index in [1.165, 1.54) is 36.8 Å². The first-order chi connectivity index (χ1) is 9.63. The molecule has 0 fully saturated rings. The molecule has 0 aromatic carbocycles. The average molecular weight is 438 g/mol. The molecule has 0 saturated carbocycles. The standard InChI is InChI=1S/C15H18Br2OS2/c1-2-3-4-5-6-7-8-11(18)12-9-10-13(19-12)15(17)20-14(10)16/h9H,2-8H2,1H3. The zero-order valence-corrected chi connectivity index (χ0v) is 16.3. The van der Waals surface area contributed by atoms with Crippen LogP contribution in [0.1, 0.15) is 61.5 Å². The third-order valence-electron chi connectivity index (χ3n) is 3.33. The van der Waals surface area contributed by atoms with E-state index in [0.717, 1.165) is 24.3 Å². The van der Waals surface area contributed by atoms with Gasteiger partial charge in [0, 0.05) is 11.8 Å². The number of hydrogen-bond donors (Lipinski definition) is 0.